The quantitative estimate of drug-likeness (QED) is 0.441. The van der Waals surface area contributed by atoms with Crippen molar-refractivity contribution in [3.63, 3.8) is 0 Å². The number of pyridine rings is 1. The van der Waals surface area contributed by atoms with Crippen LogP contribution in [0.5, 0.6) is 0 Å². The second-order valence-electron chi connectivity index (χ2n) is 7.77. The number of nitrogens with zero attached hydrogens (tertiary/aromatic N) is 3. The number of carbonyl (C=O) groups is 1. The van der Waals surface area contributed by atoms with Crippen molar-refractivity contribution in [1.29, 1.82) is 5.26 Å². The van der Waals surface area contributed by atoms with Gasteiger partial charge in [-0.1, -0.05) is 18.2 Å². The lowest BCUT2D eigenvalue weighted by molar-refractivity contribution is 0.0471. The van der Waals surface area contributed by atoms with Crippen LogP contribution in [-0.4, -0.2) is 23.4 Å². The first-order valence-electron chi connectivity index (χ1n) is 10.1. The summed E-state index contributed by atoms with van der Waals surface area (Å²) in [5.41, 5.74) is 4.78. The summed E-state index contributed by atoms with van der Waals surface area (Å²) in [6.07, 6.45) is 3.63. The Kier molecular flexibility index (Phi) is 5.80. The van der Waals surface area contributed by atoms with Crippen LogP contribution >= 0.6 is 0 Å². The Hall–Kier alpha value is -3.87. The fourth-order valence-corrected chi connectivity index (χ4v) is 4.37. The smallest absolute Gasteiger partial charge is 0.340 e. The Morgan fingerprint density at radius 2 is 1.88 bits per heavy atom. The molecule has 0 saturated carbocycles. The molecule has 1 aromatic carbocycles. The highest BCUT2D eigenvalue weighted by atomic mass is 32.2. The molecule has 0 bridgehead atoms. The fourth-order valence-electron chi connectivity index (χ4n) is 3.86. The molecule has 0 aliphatic rings. The third-order valence-corrected chi connectivity index (χ3v) is 6.55. The average Bonchev–Trinajstić information content (AvgIpc) is 3.29. The highest BCUT2D eigenvalue weighted by Gasteiger charge is 2.19. The Morgan fingerprint density at radius 1 is 1.15 bits per heavy atom. The van der Waals surface area contributed by atoms with Crippen LogP contribution in [-0.2, 0) is 27.9 Å². The lowest BCUT2D eigenvalue weighted by Gasteiger charge is -2.11. The van der Waals surface area contributed by atoms with E-state index in [9.17, 15) is 18.5 Å². The van der Waals surface area contributed by atoms with Crippen LogP contribution in [0.2, 0.25) is 0 Å². The number of carbonyl (C=O) groups excluding carboxylic acids is 1. The van der Waals surface area contributed by atoms with Crippen molar-refractivity contribution in [2.45, 2.75) is 31.9 Å². The topological polar surface area (TPSA) is 120 Å². The van der Waals surface area contributed by atoms with Gasteiger partial charge in [0.2, 0.25) is 10.0 Å². The first-order valence-corrected chi connectivity index (χ1v) is 11.7. The van der Waals surface area contributed by atoms with E-state index in [1.165, 1.54) is 12.1 Å². The van der Waals surface area contributed by atoms with Crippen molar-refractivity contribution in [3.8, 4) is 6.07 Å². The SMILES string of the molecule is Cc1cc(C(=O)OCc2cn3ccccc3c2C#N)c(C)n1Cc1ccc(S(N)(=O)=O)cc1. The van der Waals surface area contributed by atoms with Gasteiger partial charge in [-0.15, -0.1) is 0 Å². The largest absolute Gasteiger partial charge is 0.457 e. The van der Waals surface area contributed by atoms with Gasteiger partial charge in [-0.2, -0.15) is 5.26 Å². The number of nitrogens with two attached hydrogens (primary N) is 1. The van der Waals surface area contributed by atoms with Gasteiger partial charge in [0.1, 0.15) is 12.7 Å². The van der Waals surface area contributed by atoms with E-state index in [1.807, 2.05) is 47.2 Å². The Morgan fingerprint density at radius 3 is 2.55 bits per heavy atom. The van der Waals surface area contributed by atoms with Gasteiger partial charge in [-0.25, -0.2) is 18.4 Å². The van der Waals surface area contributed by atoms with E-state index in [0.717, 1.165) is 22.5 Å². The maximum absolute atomic E-state index is 12.8. The van der Waals surface area contributed by atoms with Crippen molar-refractivity contribution in [1.82, 2.24) is 8.97 Å². The van der Waals surface area contributed by atoms with Crippen molar-refractivity contribution in [3.05, 3.63) is 94.6 Å². The van der Waals surface area contributed by atoms with Gasteiger partial charge < -0.3 is 13.7 Å². The molecule has 0 aliphatic carbocycles. The molecule has 0 aliphatic heterocycles. The molecular weight excluding hydrogens is 440 g/mol. The summed E-state index contributed by atoms with van der Waals surface area (Å²) in [5, 5.41) is 14.7. The predicted octanol–water partition coefficient (Wildman–Crippen LogP) is 3.28. The summed E-state index contributed by atoms with van der Waals surface area (Å²) in [5.74, 6) is -0.474. The van der Waals surface area contributed by atoms with Crippen LogP contribution < -0.4 is 5.14 Å². The summed E-state index contributed by atoms with van der Waals surface area (Å²) in [7, 11) is -3.75. The zero-order valence-corrected chi connectivity index (χ0v) is 19.0. The molecule has 33 heavy (non-hydrogen) atoms. The van der Waals surface area contributed by atoms with Gasteiger partial charge in [-0.05, 0) is 49.7 Å². The molecule has 3 heterocycles. The van der Waals surface area contributed by atoms with Crippen molar-refractivity contribution in [2.24, 2.45) is 5.14 Å². The number of esters is 1. The minimum Gasteiger partial charge on any atom is -0.457 e. The second-order valence-corrected chi connectivity index (χ2v) is 9.33. The number of primary sulfonamides is 1. The zero-order chi connectivity index (χ0) is 23.8. The fraction of sp³-hybridized carbons (Fsp3) is 0.167. The first-order chi connectivity index (χ1) is 15.7. The molecule has 168 valence electrons. The number of sulfonamides is 1. The molecule has 3 aromatic heterocycles. The molecule has 0 unspecified atom stereocenters. The third kappa shape index (κ3) is 4.39. The monoisotopic (exact) mass is 462 g/mol. The number of hydrogen-bond acceptors (Lipinski definition) is 5. The van der Waals surface area contributed by atoms with Crippen LogP contribution in [0.3, 0.4) is 0 Å². The van der Waals surface area contributed by atoms with E-state index in [0.29, 0.717) is 23.2 Å². The lowest BCUT2D eigenvalue weighted by Crippen LogP contribution is -2.12. The number of nitriles is 1. The van der Waals surface area contributed by atoms with E-state index in [4.69, 9.17) is 9.88 Å². The molecule has 0 radical (unpaired) electrons. The van der Waals surface area contributed by atoms with Gasteiger partial charge in [0.05, 0.1) is 21.5 Å². The normalized spacial score (nSPS) is 11.5. The first kappa shape index (κ1) is 22.3. The van der Waals surface area contributed by atoms with Gasteiger partial charge in [0, 0.05) is 35.9 Å². The van der Waals surface area contributed by atoms with E-state index < -0.39 is 16.0 Å². The van der Waals surface area contributed by atoms with Crippen LogP contribution in [0.1, 0.15) is 38.4 Å². The standard InChI is InChI=1S/C24H22N4O4S/c1-16-11-21(17(2)28(16)13-18-6-8-20(9-7-18)33(26,30)31)24(29)32-15-19-14-27-10-4-3-5-23(27)22(19)12-25/h3-11,14H,13,15H2,1-2H3,(H2,26,30,31). The lowest BCUT2D eigenvalue weighted by atomic mass is 10.2. The number of aromatic nitrogens is 2. The maximum atomic E-state index is 12.8. The van der Waals surface area contributed by atoms with Crippen molar-refractivity contribution < 1.29 is 17.9 Å². The average molecular weight is 463 g/mol. The molecule has 2 N–H and O–H groups in total. The number of aryl methyl sites for hydroxylation is 1. The molecule has 4 rings (SSSR count). The number of benzene rings is 1. The highest BCUT2D eigenvalue weighted by molar-refractivity contribution is 7.89. The van der Waals surface area contributed by atoms with Crippen LogP contribution in [0.25, 0.3) is 5.52 Å². The molecular formula is C24H22N4O4S. The molecule has 9 heteroatoms. The number of ether oxygens (including phenoxy) is 1. The van der Waals surface area contributed by atoms with Gasteiger partial charge in [-0.3, -0.25) is 0 Å². The minimum absolute atomic E-state index is 0.0118. The Bertz CT molecular complexity index is 1510. The number of fused-ring (bicyclic) bond motifs is 1. The van der Waals surface area contributed by atoms with E-state index in [2.05, 4.69) is 6.07 Å². The third-order valence-electron chi connectivity index (χ3n) is 5.62. The molecule has 0 saturated heterocycles. The Balaban J connectivity index is 1.52. The van der Waals surface area contributed by atoms with Gasteiger partial charge >= 0.3 is 5.97 Å². The van der Waals surface area contributed by atoms with Crippen LogP contribution in [0, 0.1) is 25.2 Å². The summed E-state index contributed by atoms with van der Waals surface area (Å²) in [4.78, 5) is 12.9. The molecule has 8 nitrogen and oxygen atoms in total. The van der Waals surface area contributed by atoms with E-state index in [1.54, 1.807) is 24.4 Å². The highest BCUT2D eigenvalue weighted by Crippen LogP contribution is 2.22. The second kappa shape index (κ2) is 8.58. The summed E-state index contributed by atoms with van der Waals surface area (Å²) >= 11 is 0. The van der Waals surface area contributed by atoms with E-state index >= 15 is 0 Å². The molecule has 0 fully saturated rings. The molecule has 0 atom stereocenters. The van der Waals surface area contributed by atoms with E-state index in [-0.39, 0.29) is 11.5 Å². The summed E-state index contributed by atoms with van der Waals surface area (Å²) < 4.78 is 32.2. The van der Waals surface area contributed by atoms with Crippen molar-refractivity contribution >= 4 is 21.5 Å². The molecule has 0 spiro atoms. The molecule has 4 aromatic rings. The Labute approximate surface area is 191 Å². The van der Waals surface area contributed by atoms with Crippen molar-refractivity contribution in [2.75, 3.05) is 0 Å². The van der Waals surface area contributed by atoms with Crippen LogP contribution in [0.4, 0.5) is 0 Å². The number of hydrogen-bond donors (Lipinski definition) is 1. The minimum atomic E-state index is -3.75. The van der Waals surface area contributed by atoms with Crippen LogP contribution in [0.15, 0.2) is 65.8 Å². The maximum Gasteiger partial charge on any atom is 0.340 e. The van der Waals surface area contributed by atoms with Gasteiger partial charge in [0.15, 0.2) is 0 Å². The zero-order valence-electron chi connectivity index (χ0n) is 18.1. The summed E-state index contributed by atoms with van der Waals surface area (Å²) in [6.45, 7) is 4.16. The predicted molar refractivity (Wildman–Crippen MR) is 122 cm³/mol. The molecule has 0 amide bonds. The summed E-state index contributed by atoms with van der Waals surface area (Å²) in [6, 6.07) is 15.8. The number of rotatable bonds is 6. The van der Waals surface area contributed by atoms with Gasteiger partial charge in [0.25, 0.3) is 0 Å².